The van der Waals surface area contributed by atoms with Crippen molar-refractivity contribution < 1.29 is 9.13 Å². The lowest BCUT2D eigenvalue weighted by atomic mass is 10.1. The first-order valence-electron chi connectivity index (χ1n) is 7.45. The van der Waals surface area contributed by atoms with Crippen LogP contribution in [0.2, 0.25) is 10.0 Å². The minimum Gasteiger partial charge on any atom is -0.483 e. The maximum Gasteiger partial charge on any atom is 0.157 e. The Morgan fingerprint density at radius 2 is 1.79 bits per heavy atom. The molecule has 3 rings (SSSR count). The zero-order valence-corrected chi connectivity index (χ0v) is 14.2. The molecule has 6 heteroatoms. The third kappa shape index (κ3) is 4.08. The van der Waals surface area contributed by atoms with E-state index in [9.17, 15) is 4.39 Å². The van der Waals surface area contributed by atoms with Crippen LogP contribution in [0.15, 0.2) is 61.2 Å². The molecule has 24 heavy (non-hydrogen) atoms. The van der Waals surface area contributed by atoms with E-state index >= 15 is 0 Å². The van der Waals surface area contributed by atoms with Crippen molar-refractivity contribution in [2.45, 2.75) is 19.1 Å². The average molecular weight is 365 g/mol. The number of para-hydroxylation sites is 1. The Hall–Kier alpha value is -2.04. The number of aromatic nitrogens is 2. The normalized spacial score (nSPS) is 12.1. The second-order valence-electron chi connectivity index (χ2n) is 5.30. The van der Waals surface area contributed by atoms with E-state index in [0.717, 1.165) is 5.56 Å². The molecule has 0 radical (unpaired) electrons. The first-order chi connectivity index (χ1) is 11.6. The third-order valence-corrected chi connectivity index (χ3v) is 4.22. The highest BCUT2D eigenvalue weighted by Gasteiger charge is 2.17. The Kier molecular flexibility index (Phi) is 5.38. The van der Waals surface area contributed by atoms with Crippen LogP contribution in [0, 0.1) is 5.82 Å². The second kappa shape index (κ2) is 7.69. The number of benzene rings is 2. The van der Waals surface area contributed by atoms with Gasteiger partial charge >= 0.3 is 0 Å². The molecule has 1 aromatic heterocycles. The van der Waals surface area contributed by atoms with Gasteiger partial charge in [-0.15, -0.1) is 0 Å². The van der Waals surface area contributed by atoms with E-state index in [-0.39, 0.29) is 11.9 Å². The quantitative estimate of drug-likeness (QED) is 0.574. The maximum absolute atomic E-state index is 13.2. The highest BCUT2D eigenvalue weighted by atomic mass is 35.5. The number of halogens is 3. The van der Waals surface area contributed by atoms with Crippen molar-refractivity contribution in [3.05, 3.63) is 82.6 Å². The first-order valence-corrected chi connectivity index (χ1v) is 8.21. The smallest absolute Gasteiger partial charge is 0.157 e. The monoisotopic (exact) mass is 364 g/mol. The fourth-order valence-electron chi connectivity index (χ4n) is 2.39. The lowest BCUT2D eigenvalue weighted by molar-refractivity contribution is 0.188. The van der Waals surface area contributed by atoms with Crippen LogP contribution in [0.25, 0.3) is 0 Å². The van der Waals surface area contributed by atoms with Gasteiger partial charge in [-0.1, -0.05) is 41.4 Å². The topological polar surface area (TPSA) is 27.1 Å². The Morgan fingerprint density at radius 1 is 1.08 bits per heavy atom. The predicted molar refractivity (Wildman–Crippen MR) is 93.1 cm³/mol. The van der Waals surface area contributed by atoms with Crippen LogP contribution in [0.5, 0.6) is 5.75 Å². The minimum atomic E-state index is -0.314. The van der Waals surface area contributed by atoms with Crippen LogP contribution >= 0.6 is 23.2 Å². The number of imidazole rings is 1. The number of ether oxygens (including phenoxy) is 1. The lowest BCUT2D eigenvalue weighted by Gasteiger charge is -2.21. The molecule has 0 bridgehead atoms. The summed E-state index contributed by atoms with van der Waals surface area (Å²) in [6.45, 7) is 0.699. The predicted octanol–water partition coefficient (Wildman–Crippen LogP) is 5.54. The molecule has 0 aliphatic rings. The number of aryl methyl sites for hydroxylation is 1. The molecule has 1 heterocycles. The molecule has 2 aromatic carbocycles. The van der Waals surface area contributed by atoms with Gasteiger partial charge in [-0.2, -0.15) is 0 Å². The molecule has 0 N–H and O–H groups in total. The summed E-state index contributed by atoms with van der Waals surface area (Å²) in [5.41, 5.74) is 0.854. The minimum absolute atomic E-state index is 0.289. The summed E-state index contributed by atoms with van der Waals surface area (Å²) in [5.74, 6) is 0.142. The summed E-state index contributed by atoms with van der Waals surface area (Å²) in [5, 5.41) is 0.884. The van der Waals surface area contributed by atoms with Gasteiger partial charge in [0.25, 0.3) is 0 Å². The highest BCUT2D eigenvalue weighted by molar-refractivity contribution is 6.37. The molecule has 0 saturated carbocycles. The Labute approximate surface area is 149 Å². The summed E-state index contributed by atoms with van der Waals surface area (Å²) < 4.78 is 21.3. The molecule has 3 aromatic rings. The van der Waals surface area contributed by atoms with Crippen molar-refractivity contribution in [1.82, 2.24) is 9.55 Å². The molecule has 0 aliphatic carbocycles. The number of hydrogen-bond acceptors (Lipinski definition) is 2. The largest absolute Gasteiger partial charge is 0.483 e. The van der Waals surface area contributed by atoms with E-state index in [1.165, 1.54) is 12.1 Å². The summed E-state index contributed by atoms with van der Waals surface area (Å²) >= 11 is 12.4. The first kappa shape index (κ1) is 16.8. The van der Waals surface area contributed by atoms with E-state index < -0.39 is 0 Å². The fourth-order valence-corrected chi connectivity index (χ4v) is 2.88. The zero-order chi connectivity index (χ0) is 16.9. The highest BCUT2D eigenvalue weighted by Crippen LogP contribution is 2.36. The Balaban J connectivity index is 1.84. The van der Waals surface area contributed by atoms with Crippen molar-refractivity contribution in [3.8, 4) is 5.75 Å². The van der Waals surface area contributed by atoms with E-state index in [0.29, 0.717) is 28.8 Å². The Morgan fingerprint density at radius 3 is 2.42 bits per heavy atom. The molecule has 0 fully saturated rings. The SMILES string of the molecule is Fc1ccc([C@@H](CCn2ccnc2)Oc2c(Cl)cccc2Cl)cc1. The van der Waals surface area contributed by atoms with Gasteiger partial charge in [-0.25, -0.2) is 9.37 Å². The molecule has 124 valence electrons. The molecule has 0 saturated heterocycles. The fraction of sp³-hybridized carbons (Fsp3) is 0.167. The summed E-state index contributed by atoms with van der Waals surface area (Å²) in [7, 11) is 0. The van der Waals surface area contributed by atoms with E-state index in [1.807, 2.05) is 10.8 Å². The van der Waals surface area contributed by atoms with Crippen molar-refractivity contribution in [3.63, 3.8) is 0 Å². The number of hydrogen-bond donors (Lipinski definition) is 0. The van der Waals surface area contributed by atoms with E-state index in [1.54, 1.807) is 42.9 Å². The Bertz CT molecular complexity index is 771. The van der Waals surface area contributed by atoms with Gasteiger partial charge in [-0.05, 0) is 29.8 Å². The number of nitrogens with zero attached hydrogens (tertiary/aromatic N) is 2. The zero-order valence-electron chi connectivity index (χ0n) is 12.7. The summed E-state index contributed by atoms with van der Waals surface area (Å²) in [6, 6.07) is 11.4. The van der Waals surface area contributed by atoms with Gasteiger partial charge in [0.05, 0.1) is 16.4 Å². The van der Waals surface area contributed by atoms with Gasteiger partial charge in [-0.3, -0.25) is 0 Å². The second-order valence-corrected chi connectivity index (χ2v) is 6.11. The standard InChI is InChI=1S/C18H15Cl2FN2O/c19-15-2-1-3-16(20)18(15)24-17(8-10-23-11-9-22-12-23)13-4-6-14(21)7-5-13/h1-7,9,11-12,17H,8,10H2/t17-/m1/s1. The van der Waals surface area contributed by atoms with Crippen LogP contribution in [-0.4, -0.2) is 9.55 Å². The van der Waals surface area contributed by atoms with Gasteiger partial charge in [0.1, 0.15) is 11.9 Å². The van der Waals surface area contributed by atoms with Crippen molar-refractivity contribution in [2.75, 3.05) is 0 Å². The molecule has 0 amide bonds. The molecular weight excluding hydrogens is 350 g/mol. The number of rotatable bonds is 6. The van der Waals surface area contributed by atoms with Crippen molar-refractivity contribution >= 4 is 23.2 Å². The average Bonchev–Trinajstić information content (AvgIpc) is 3.08. The summed E-state index contributed by atoms with van der Waals surface area (Å²) in [6.07, 6.45) is 5.68. The van der Waals surface area contributed by atoms with Gasteiger partial charge in [0.2, 0.25) is 0 Å². The van der Waals surface area contributed by atoms with Crippen molar-refractivity contribution in [1.29, 1.82) is 0 Å². The van der Waals surface area contributed by atoms with Crippen LogP contribution in [-0.2, 0) is 6.54 Å². The van der Waals surface area contributed by atoms with Gasteiger partial charge in [0, 0.05) is 25.4 Å². The maximum atomic E-state index is 13.2. The third-order valence-electron chi connectivity index (χ3n) is 3.63. The lowest BCUT2D eigenvalue weighted by Crippen LogP contribution is -2.11. The summed E-state index contributed by atoms with van der Waals surface area (Å²) in [4.78, 5) is 4.03. The van der Waals surface area contributed by atoms with Crippen LogP contribution < -0.4 is 4.74 Å². The van der Waals surface area contributed by atoms with Gasteiger partial charge in [0.15, 0.2) is 5.75 Å². The molecule has 0 unspecified atom stereocenters. The van der Waals surface area contributed by atoms with Crippen molar-refractivity contribution in [2.24, 2.45) is 0 Å². The van der Waals surface area contributed by atoms with Crippen LogP contribution in [0.3, 0.4) is 0 Å². The molecule has 0 spiro atoms. The van der Waals surface area contributed by atoms with Crippen LogP contribution in [0.1, 0.15) is 18.1 Å². The molecule has 1 atom stereocenters. The van der Waals surface area contributed by atoms with Gasteiger partial charge < -0.3 is 9.30 Å². The van der Waals surface area contributed by atoms with Crippen LogP contribution in [0.4, 0.5) is 4.39 Å². The molecule has 0 aliphatic heterocycles. The molecular formula is C18H15Cl2FN2O. The van der Waals surface area contributed by atoms with E-state index in [2.05, 4.69) is 4.98 Å². The van der Waals surface area contributed by atoms with E-state index in [4.69, 9.17) is 27.9 Å². The molecule has 3 nitrogen and oxygen atoms in total.